The molecule has 1 atom stereocenters. The Bertz CT molecular complexity index is 502. The van der Waals surface area contributed by atoms with E-state index in [4.69, 9.17) is 0 Å². The molecular weight excluding hydrogens is 336 g/mol. The second-order valence-corrected chi connectivity index (χ2v) is 9.93. The van der Waals surface area contributed by atoms with Crippen LogP contribution >= 0.6 is 0 Å². The Balaban J connectivity index is 1.15. The van der Waals surface area contributed by atoms with Gasteiger partial charge in [-0.2, -0.15) is 0 Å². The third kappa shape index (κ3) is 4.51. The Hall–Kier alpha value is -0.650. The first kappa shape index (κ1) is 19.7. The van der Waals surface area contributed by atoms with Gasteiger partial charge in [-0.05, 0) is 109 Å². The quantitative estimate of drug-likeness (QED) is 0.797. The van der Waals surface area contributed by atoms with Gasteiger partial charge in [0.05, 0.1) is 0 Å². The van der Waals surface area contributed by atoms with Crippen LogP contribution in [0.15, 0.2) is 0 Å². The molecule has 5 nitrogen and oxygen atoms in total. The molecule has 4 fully saturated rings. The summed E-state index contributed by atoms with van der Waals surface area (Å²) in [5.41, 5.74) is 0.371. The highest BCUT2D eigenvalue weighted by Crippen LogP contribution is 2.59. The van der Waals surface area contributed by atoms with Gasteiger partial charge >= 0.3 is 0 Å². The van der Waals surface area contributed by atoms with E-state index in [1.165, 1.54) is 71.1 Å². The Kier molecular flexibility index (Phi) is 6.10. The highest BCUT2D eigenvalue weighted by Gasteiger charge is 2.58. The SMILES string of the molecule is CN1CCC(N2CCC(CCN(C)C(=O)C3CC34CCNCC4)CC2)CC1. The van der Waals surface area contributed by atoms with E-state index in [1.807, 2.05) is 7.05 Å². The van der Waals surface area contributed by atoms with Crippen molar-refractivity contribution in [2.24, 2.45) is 17.3 Å². The van der Waals surface area contributed by atoms with Crippen LogP contribution in [0.2, 0.25) is 0 Å². The van der Waals surface area contributed by atoms with Crippen molar-refractivity contribution >= 4 is 5.91 Å². The van der Waals surface area contributed by atoms with Crippen LogP contribution in [0.4, 0.5) is 0 Å². The number of amides is 1. The number of nitrogens with one attached hydrogen (secondary N) is 1. The molecule has 3 saturated heterocycles. The summed E-state index contributed by atoms with van der Waals surface area (Å²) < 4.78 is 0. The minimum atomic E-state index is 0.330. The van der Waals surface area contributed by atoms with Crippen molar-refractivity contribution in [2.75, 3.05) is 59.9 Å². The summed E-state index contributed by atoms with van der Waals surface area (Å²) in [4.78, 5) is 20.1. The van der Waals surface area contributed by atoms with Crippen LogP contribution in [0.3, 0.4) is 0 Å². The van der Waals surface area contributed by atoms with Gasteiger partial charge in [0.25, 0.3) is 0 Å². The van der Waals surface area contributed by atoms with Crippen molar-refractivity contribution < 1.29 is 4.79 Å². The maximum absolute atomic E-state index is 12.8. The van der Waals surface area contributed by atoms with Crippen molar-refractivity contribution in [3.8, 4) is 0 Å². The first-order valence-electron chi connectivity index (χ1n) is 11.5. The van der Waals surface area contributed by atoms with Gasteiger partial charge in [0.1, 0.15) is 0 Å². The molecule has 0 aromatic rings. The van der Waals surface area contributed by atoms with Crippen molar-refractivity contribution in [2.45, 2.75) is 57.4 Å². The Morgan fingerprint density at radius 2 is 1.74 bits per heavy atom. The van der Waals surface area contributed by atoms with Gasteiger partial charge in [-0.15, -0.1) is 0 Å². The number of piperidine rings is 3. The highest BCUT2D eigenvalue weighted by molar-refractivity contribution is 5.82. The highest BCUT2D eigenvalue weighted by atomic mass is 16.2. The Labute approximate surface area is 165 Å². The molecule has 1 amide bonds. The van der Waals surface area contributed by atoms with Crippen molar-refractivity contribution in [3.63, 3.8) is 0 Å². The number of rotatable bonds is 5. The van der Waals surface area contributed by atoms with Gasteiger partial charge < -0.3 is 20.0 Å². The van der Waals surface area contributed by atoms with Crippen molar-refractivity contribution in [1.82, 2.24) is 20.0 Å². The van der Waals surface area contributed by atoms with E-state index >= 15 is 0 Å². The Morgan fingerprint density at radius 1 is 1.07 bits per heavy atom. The van der Waals surface area contributed by atoms with Gasteiger partial charge in [-0.1, -0.05) is 0 Å². The third-order valence-corrected chi connectivity index (χ3v) is 8.19. The van der Waals surface area contributed by atoms with Crippen LogP contribution in [0.25, 0.3) is 0 Å². The first-order chi connectivity index (χ1) is 13.1. The summed E-state index contributed by atoms with van der Waals surface area (Å²) in [6.45, 7) is 8.23. The van der Waals surface area contributed by atoms with Gasteiger partial charge in [0.2, 0.25) is 5.91 Å². The molecular formula is C22H40N4O. The van der Waals surface area contributed by atoms with E-state index in [2.05, 4.69) is 27.1 Å². The molecule has 1 aliphatic carbocycles. The number of hydrogen-bond acceptors (Lipinski definition) is 4. The lowest BCUT2D eigenvalue weighted by molar-refractivity contribution is -0.132. The van der Waals surface area contributed by atoms with Crippen LogP contribution in [0.5, 0.6) is 0 Å². The smallest absolute Gasteiger partial charge is 0.226 e. The average Bonchev–Trinajstić information content (AvgIpc) is 3.39. The normalized spacial score (nSPS) is 30.5. The zero-order valence-corrected chi connectivity index (χ0v) is 17.6. The fraction of sp³-hybridized carbons (Fsp3) is 0.955. The second-order valence-electron chi connectivity index (χ2n) is 9.93. The number of hydrogen-bond donors (Lipinski definition) is 1. The Morgan fingerprint density at radius 3 is 2.41 bits per heavy atom. The molecule has 0 aromatic carbocycles. The molecule has 3 heterocycles. The molecule has 0 radical (unpaired) electrons. The van der Waals surface area contributed by atoms with Gasteiger partial charge in [0.15, 0.2) is 0 Å². The summed E-state index contributed by atoms with van der Waals surface area (Å²) in [5, 5.41) is 3.44. The molecule has 154 valence electrons. The summed E-state index contributed by atoms with van der Waals surface area (Å²) in [7, 11) is 4.29. The van der Waals surface area contributed by atoms with Crippen LogP contribution < -0.4 is 5.32 Å². The molecule has 1 spiro atoms. The molecule has 4 aliphatic rings. The van der Waals surface area contributed by atoms with Crippen LogP contribution in [-0.2, 0) is 4.79 Å². The molecule has 0 bridgehead atoms. The van der Waals surface area contributed by atoms with Crippen LogP contribution in [0, 0.1) is 17.3 Å². The largest absolute Gasteiger partial charge is 0.345 e. The first-order valence-corrected chi connectivity index (χ1v) is 11.5. The molecule has 1 N–H and O–H groups in total. The maximum atomic E-state index is 12.8. The van der Waals surface area contributed by atoms with Gasteiger partial charge in [-0.3, -0.25) is 4.79 Å². The van der Waals surface area contributed by atoms with Crippen molar-refractivity contribution in [3.05, 3.63) is 0 Å². The van der Waals surface area contributed by atoms with E-state index < -0.39 is 0 Å². The fourth-order valence-corrected chi connectivity index (χ4v) is 5.89. The molecule has 5 heteroatoms. The topological polar surface area (TPSA) is 38.8 Å². The van der Waals surface area contributed by atoms with Crippen molar-refractivity contribution in [1.29, 1.82) is 0 Å². The lowest BCUT2D eigenvalue weighted by atomic mass is 9.90. The summed E-state index contributed by atoms with van der Waals surface area (Å²) >= 11 is 0. The molecule has 1 unspecified atom stereocenters. The van der Waals surface area contributed by atoms with E-state index in [0.29, 0.717) is 17.2 Å². The molecule has 0 aromatic heterocycles. The third-order valence-electron chi connectivity index (χ3n) is 8.19. The van der Waals surface area contributed by atoms with Gasteiger partial charge in [-0.25, -0.2) is 0 Å². The lowest BCUT2D eigenvalue weighted by Crippen LogP contribution is -2.47. The summed E-state index contributed by atoms with van der Waals surface area (Å²) in [5.74, 6) is 1.58. The number of carbonyl (C=O) groups is 1. The summed E-state index contributed by atoms with van der Waals surface area (Å²) in [6.07, 6.45) is 10.1. The van der Waals surface area contributed by atoms with E-state index in [-0.39, 0.29) is 0 Å². The predicted molar refractivity (Wildman–Crippen MR) is 110 cm³/mol. The zero-order valence-electron chi connectivity index (χ0n) is 17.6. The monoisotopic (exact) mass is 376 g/mol. The van der Waals surface area contributed by atoms with E-state index in [0.717, 1.165) is 38.0 Å². The lowest BCUT2D eigenvalue weighted by Gasteiger charge is -2.41. The number of nitrogens with zero attached hydrogens (tertiary/aromatic N) is 3. The minimum Gasteiger partial charge on any atom is -0.345 e. The van der Waals surface area contributed by atoms with E-state index in [1.54, 1.807) is 0 Å². The molecule has 27 heavy (non-hydrogen) atoms. The molecule has 3 aliphatic heterocycles. The predicted octanol–water partition coefficient (Wildman–Crippen LogP) is 2.03. The van der Waals surface area contributed by atoms with Gasteiger partial charge in [0, 0.05) is 25.6 Å². The summed E-state index contributed by atoms with van der Waals surface area (Å²) in [6, 6.07) is 0.822. The average molecular weight is 377 g/mol. The second kappa shape index (κ2) is 8.38. The van der Waals surface area contributed by atoms with Crippen LogP contribution in [0.1, 0.15) is 51.4 Å². The van der Waals surface area contributed by atoms with E-state index in [9.17, 15) is 4.79 Å². The number of likely N-dealkylation sites (tertiary alicyclic amines) is 2. The fourth-order valence-electron chi connectivity index (χ4n) is 5.89. The maximum Gasteiger partial charge on any atom is 0.226 e. The molecule has 1 saturated carbocycles. The molecule has 4 rings (SSSR count). The minimum absolute atomic E-state index is 0.330. The zero-order chi connectivity index (χ0) is 18.9. The van der Waals surface area contributed by atoms with Crippen LogP contribution in [-0.4, -0.2) is 86.6 Å². The standard InChI is InChI=1S/C22H40N4O/c1-24-12-6-19(7-13-24)26-15-4-18(5-16-26)3-14-25(2)21(27)20-17-22(20)8-10-23-11-9-22/h18-20,23H,3-17H2,1-2H3. The number of carbonyl (C=O) groups excluding carboxylic acids is 1.